The molecule has 0 aromatic heterocycles. The second-order valence-corrected chi connectivity index (χ2v) is 4.62. The van der Waals surface area contributed by atoms with Crippen LogP contribution in [0.3, 0.4) is 0 Å². The lowest BCUT2D eigenvalue weighted by atomic mass is 10.1. The molecule has 0 amide bonds. The van der Waals surface area contributed by atoms with Gasteiger partial charge in [-0.1, -0.05) is 6.92 Å². The summed E-state index contributed by atoms with van der Waals surface area (Å²) in [4.78, 5) is 0. The Kier molecular flexibility index (Phi) is 5.95. The largest absolute Gasteiger partial charge is 0.508 e. The van der Waals surface area contributed by atoms with Crippen molar-refractivity contribution in [3.63, 3.8) is 0 Å². The van der Waals surface area contributed by atoms with Gasteiger partial charge in [0.25, 0.3) is 0 Å². The highest BCUT2D eigenvalue weighted by Crippen LogP contribution is 2.28. The van der Waals surface area contributed by atoms with Crippen molar-refractivity contribution in [3.8, 4) is 11.5 Å². The number of hydrogen-bond donors (Lipinski definition) is 2. The third kappa shape index (κ3) is 4.20. The highest BCUT2D eigenvalue weighted by molar-refractivity contribution is 5.41. The van der Waals surface area contributed by atoms with Crippen LogP contribution in [0.4, 0.5) is 0 Å². The first-order valence-corrected chi connectivity index (χ1v) is 6.17. The molecule has 0 radical (unpaired) electrons. The lowest BCUT2D eigenvalue weighted by molar-refractivity contribution is 0.157. The van der Waals surface area contributed by atoms with Crippen LogP contribution in [0.5, 0.6) is 11.5 Å². The number of nitrogens with one attached hydrogen (secondary N) is 1. The minimum Gasteiger partial charge on any atom is -0.508 e. The maximum Gasteiger partial charge on any atom is 0.120 e. The smallest absolute Gasteiger partial charge is 0.120 e. The van der Waals surface area contributed by atoms with Gasteiger partial charge in [-0.25, -0.2) is 0 Å². The van der Waals surface area contributed by atoms with Gasteiger partial charge in [-0.15, -0.1) is 0 Å². The Morgan fingerprint density at radius 3 is 2.61 bits per heavy atom. The molecule has 4 heteroatoms. The predicted molar refractivity (Wildman–Crippen MR) is 72.1 cm³/mol. The van der Waals surface area contributed by atoms with E-state index in [-0.39, 0.29) is 11.8 Å². The van der Waals surface area contributed by atoms with Gasteiger partial charge < -0.3 is 19.9 Å². The summed E-state index contributed by atoms with van der Waals surface area (Å²) < 4.78 is 10.3. The monoisotopic (exact) mass is 253 g/mol. The van der Waals surface area contributed by atoms with Crippen LogP contribution in [0.25, 0.3) is 0 Å². The summed E-state index contributed by atoms with van der Waals surface area (Å²) in [7, 11) is 3.32. The van der Waals surface area contributed by atoms with Gasteiger partial charge in [-0.3, -0.25) is 0 Å². The SMILES string of the molecule is COCC(C)CNC(C)c1cc(OC)ccc1O. The summed E-state index contributed by atoms with van der Waals surface area (Å²) in [5.41, 5.74) is 0.846. The number of hydrogen-bond acceptors (Lipinski definition) is 4. The zero-order chi connectivity index (χ0) is 13.5. The standard InChI is InChI=1S/C14H23NO3/c1-10(9-17-3)8-15-11(2)13-7-12(18-4)5-6-14(13)16/h5-7,10-11,15-16H,8-9H2,1-4H3. The Labute approximate surface area is 109 Å². The molecule has 4 nitrogen and oxygen atoms in total. The predicted octanol–water partition coefficient (Wildman–Crippen LogP) is 2.33. The van der Waals surface area contributed by atoms with E-state index in [9.17, 15) is 5.11 Å². The molecule has 2 atom stereocenters. The van der Waals surface area contributed by atoms with Crippen LogP contribution in [0, 0.1) is 5.92 Å². The molecule has 0 saturated heterocycles. The fourth-order valence-corrected chi connectivity index (χ4v) is 1.84. The summed E-state index contributed by atoms with van der Waals surface area (Å²) in [5, 5.41) is 13.2. The van der Waals surface area contributed by atoms with Crippen LogP contribution >= 0.6 is 0 Å². The minimum atomic E-state index is 0.0689. The number of rotatable bonds is 7. The van der Waals surface area contributed by atoms with Crippen molar-refractivity contribution in [3.05, 3.63) is 23.8 Å². The number of phenolic OH excluding ortho intramolecular Hbond substituents is 1. The van der Waals surface area contributed by atoms with Crippen LogP contribution in [0.15, 0.2) is 18.2 Å². The van der Waals surface area contributed by atoms with Gasteiger partial charge >= 0.3 is 0 Å². The average molecular weight is 253 g/mol. The maximum atomic E-state index is 9.85. The first-order chi connectivity index (χ1) is 8.58. The summed E-state index contributed by atoms with van der Waals surface area (Å²) in [5.74, 6) is 1.47. The molecule has 18 heavy (non-hydrogen) atoms. The topological polar surface area (TPSA) is 50.7 Å². The molecule has 0 aliphatic carbocycles. The average Bonchev–Trinajstić information content (AvgIpc) is 2.37. The summed E-state index contributed by atoms with van der Waals surface area (Å²) in [6.45, 7) is 5.71. The van der Waals surface area contributed by atoms with Gasteiger partial charge in [0.1, 0.15) is 11.5 Å². The van der Waals surface area contributed by atoms with E-state index >= 15 is 0 Å². The molecule has 1 rings (SSSR count). The molecular formula is C14H23NO3. The summed E-state index contributed by atoms with van der Waals surface area (Å²) in [6.07, 6.45) is 0. The molecule has 0 spiro atoms. The Morgan fingerprint density at radius 1 is 1.28 bits per heavy atom. The lowest BCUT2D eigenvalue weighted by Crippen LogP contribution is -2.26. The van der Waals surface area contributed by atoms with Gasteiger partial charge in [-0.2, -0.15) is 0 Å². The van der Waals surface area contributed by atoms with Crippen LogP contribution in [0.1, 0.15) is 25.5 Å². The maximum absolute atomic E-state index is 9.85. The molecule has 2 N–H and O–H groups in total. The van der Waals surface area contributed by atoms with E-state index in [4.69, 9.17) is 9.47 Å². The summed E-state index contributed by atoms with van der Waals surface area (Å²) in [6, 6.07) is 5.33. The van der Waals surface area contributed by atoms with E-state index < -0.39 is 0 Å². The second-order valence-electron chi connectivity index (χ2n) is 4.62. The first kappa shape index (κ1) is 14.8. The van der Waals surface area contributed by atoms with Crippen molar-refractivity contribution >= 4 is 0 Å². The lowest BCUT2D eigenvalue weighted by Gasteiger charge is -2.19. The molecule has 1 aromatic carbocycles. The number of benzene rings is 1. The van der Waals surface area contributed by atoms with Crippen LogP contribution in [-0.4, -0.2) is 32.5 Å². The highest BCUT2D eigenvalue weighted by atomic mass is 16.5. The molecule has 0 aliphatic heterocycles. The van der Waals surface area contributed by atoms with E-state index in [1.54, 1.807) is 26.4 Å². The van der Waals surface area contributed by atoms with E-state index in [2.05, 4.69) is 12.2 Å². The number of methoxy groups -OCH3 is 2. The van der Waals surface area contributed by atoms with E-state index in [0.29, 0.717) is 5.92 Å². The number of aromatic hydroxyl groups is 1. The minimum absolute atomic E-state index is 0.0689. The number of phenols is 1. The van der Waals surface area contributed by atoms with E-state index in [1.165, 1.54) is 0 Å². The molecule has 1 aromatic rings. The first-order valence-electron chi connectivity index (χ1n) is 6.17. The Balaban J connectivity index is 2.62. The van der Waals surface area contributed by atoms with Crippen molar-refractivity contribution in [2.24, 2.45) is 5.92 Å². The Bertz CT molecular complexity index is 368. The molecule has 0 bridgehead atoms. The quantitative estimate of drug-likeness (QED) is 0.783. The van der Waals surface area contributed by atoms with Gasteiger partial charge in [0.05, 0.1) is 7.11 Å². The molecule has 0 heterocycles. The third-order valence-corrected chi connectivity index (χ3v) is 2.92. The van der Waals surface area contributed by atoms with Gasteiger partial charge in [0.2, 0.25) is 0 Å². The zero-order valence-electron chi connectivity index (χ0n) is 11.6. The van der Waals surface area contributed by atoms with Crippen LogP contribution in [-0.2, 0) is 4.74 Å². The highest BCUT2D eigenvalue weighted by Gasteiger charge is 2.12. The third-order valence-electron chi connectivity index (χ3n) is 2.92. The zero-order valence-corrected chi connectivity index (χ0v) is 11.6. The molecule has 2 unspecified atom stereocenters. The molecular weight excluding hydrogens is 230 g/mol. The molecule has 0 aliphatic rings. The molecule has 0 saturated carbocycles. The van der Waals surface area contributed by atoms with Gasteiger partial charge in [0.15, 0.2) is 0 Å². The van der Waals surface area contributed by atoms with E-state index in [0.717, 1.165) is 24.5 Å². The Hall–Kier alpha value is -1.26. The van der Waals surface area contributed by atoms with Crippen molar-refractivity contribution < 1.29 is 14.6 Å². The van der Waals surface area contributed by atoms with E-state index in [1.807, 2.05) is 13.0 Å². The van der Waals surface area contributed by atoms with Crippen LogP contribution < -0.4 is 10.1 Å². The fourth-order valence-electron chi connectivity index (χ4n) is 1.84. The van der Waals surface area contributed by atoms with Crippen molar-refractivity contribution in [1.82, 2.24) is 5.32 Å². The molecule has 102 valence electrons. The number of ether oxygens (including phenoxy) is 2. The normalized spacial score (nSPS) is 14.2. The van der Waals surface area contributed by atoms with Crippen molar-refractivity contribution in [1.29, 1.82) is 0 Å². The van der Waals surface area contributed by atoms with Gasteiger partial charge in [0, 0.05) is 31.9 Å². The molecule has 0 fully saturated rings. The Morgan fingerprint density at radius 2 is 2.00 bits per heavy atom. The van der Waals surface area contributed by atoms with Crippen molar-refractivity contribution in [2.75, 3.05) is 27.4 Å². The summed E-state index contributed by atoms with van der Waals surface area (Å²) >= 11 is 0. The van der Waals surface area contributed by atoms with Crippen LogP contribution in [0.2, 0.25) is 0 Å². The second kappa shape index (κ2) is 7.24. The van der Waals surface area contributed by atoms with Crippen molar-refractivity contribution in [2.45, 2.75) is 19.9 Å². The van der Waals surface area contributed by atoms with Gasteiger partial charge in [-0.05, 0) is 31.0 Å². The fraction of sp³-hybridized carbons (Fsp3) is 0.571.